The fraction of sp³-hybridized carbons (Fsp3) is 0.200. The molecule has 0 saturated carbocycles. The summed E-state index contributed by atoms with van der Waals surface area (Å²) in [5.74, 6) is 0.696. The van der Waals surface area contributed by atoms with Gasteiger partial charge in [0, 0.05) is 30.6 Å². The van der Waals surface area contributed by atoms with Crippen LogP contribution in [0.15, 0.2) is 66.9 Å². The highest BCUT2D eigenvalue weighted by Crippen LogP contribution is 2.27. The Labute approximate surface area is 135 Å². The number of hydrogen-bond donors (Lipinski definition) is 0. The van der Waals surface area contributed by atoms with Crippen molar-refractivity contribution >= 4 is 16.8 Å². The Balaban J connectivity index is 1.40. The van der Waals surface area contributed by atoms with Crippen LogP contribution < -0.4 is 0 Å². The first-order valence-electron chi connectivity index (χ1n) is 7.96. The molecule has 1 amide bonds. The van der Waals surface area contributed by atoms with Crippen molar-refractivity contribution in [3.05, 3.63) is 78.0 Å². The van der Waals surface area contributed by atoms with Gasteiger partial charge in [0.1, 0.15) is 0 Å². The number of fused-ring (bicyclic) bond motifs is 1. The van der Waals surface area contributed by atoms with Crippen LogP contribution in [0, 0.1) is 0 Å². The van der Waals surface area contributed by atoms with E-state index in [0.717, 1.165) is 29.6 Å². The van der Waals surface area contributed by atoms with Gasteiger partial charge in [0.15, 0.2) is 0 Å². The molecular formula is C20H18N2O. The molecule has 3 aromatic rings. The zero-order valence-corrected chi connectivity index (χ0v) is 12.9. The first-order chi connectivity index (χ1) is 11.3. The third-order valence-corrected chi connectivity index (χ3v) is 4.53. The van der Waals surface area contributed by atoms with Crippen molar-refractivity contribution in [2.45, 2.75) is 12.3 Å². The molecule has 114 valence electrons. The van der Waals surface area contributed by atoms with Gasteiger partial charge in [0.25, 0.3) is 0 Å². The van der Waals surface area contributed by atoms with Crippen LogP contribution in [0.3, 0.4) is 0 Å². The second-order valence-corrected chi connectivity index (χ2v) is 6.11. The summed E-state index contributed by atoms with van der Waals surface area (Å²) < 4.78 is 0. The summed E-state index contributed by atoms with van der Waals surface area (Å²) in [7, 11) is 0. The fourth-order valence-electron chi connectivity index (χ4n) is 3.14. The molecule has 4 rings (SSSR count). The highest BCUT2D eigenvalue weighted by molar-refractivity contribution is 5.83. The Morgan fingerprint density at radius 1 is 1.04 bits per heavy atom. The third-order valence-electron chi connectivity index (χ3n) is 4.53. The number of carbonyl (C=O) groups excluding carboxylic acids is 1. The van der Waals surface area contributed by atoms with E-state index < -0.39 is 0 Å². The van der Waals surface area contributed by atoms with Gasteiger partial charge in [0.2, 0.25) is 5.91 Å². The Morgan fingerprint density at radius 2 is 1.87 bits per heavy atom. The van der Waals surface area contributed by atoms with Crippen LogP contribution in [0.25, 0.3) is 10.9 Å². The van der Waals surface area contributed by atoms with Crippen LogP contribution in [0.2, 0.25) is 0 Å². The second kappa shape index (κ2) is 5.84. The van der Waals surface area contributed by atoms with Crippen molar-refractivity contribution < 1.29 is 4.79 Å². The van der Waals surface area contributed by atoms with Crippen molar-refractivity contribution in [1.29, 1.82) is 0 Å². The van der Waals surface area contributed by atoms with Crippen LogP contribution in [0.1, 0.15) is 17.0 Å². The Bertz CT molecular complexity index is 838. The number of amides is 1. The Hall–Kier alpha value is -2.68. The van der Waals surface area contributed by atoms with Gasteiger partial charge >= 0.3 is 0 Å². The highest BCUT2D eigenvalue weighted by atomic mass is 16.2. The molecule has 0 radical (unpaired) electrons. The number of likely N-dealkylation sites (tertiary alicyclic amines) is 1. The SMILES string of the molecule is O=C(Cc1ccc2ncccc2c1)N1CC(c2ccccc2)C1. The lowest BCUT2D eigenvalue weighted by Crippen LogP contribution is -2.49. The minimum Gasteiger partial charge on any atom is -0.341 e. The minimum absolute atomic E-state index is 0.209. The Kier molecular flexibility index (Phi) is 3.54. The fourth-order valence-corrected chi connectivity index (χ4v) is 3.14. The lowest BCUT2D eigenvalue weighted by molar-refractivity contribution is -0.134. The predicted octanol–water partition coefficient (Wildman–Crippen LogP) is 3.40. The van der Waals surface area contributed by atoms with Crippen LogP contribution in [-0.2, 0) is 11.2 Å². The van der Waals surface area contributed by atoms with Crippen molar-refractivity contribution in [2.24, 2.45) is 0 Å². The van der Waals surface area contributed by atoms with Gasteiger partial charge in [-0.25, -0.2) is 0 Å². The largest absolute Gasteiger partial charge is 0.341 e. The zero-order valence-electron chi connectivity index (χ0n) is 12.9. The first-order valence-corrected chi connectivity index (χ1v) is 7.96. The summed E-state index contributed by atoms with van der Waals surface area (Å²) in [4.78, 5) is 18.7. The summed E-state index contributed by atoms with van der Waals surface area (Å²) in [6.45, 7) is 1.66. The van der Waals surface area contributed by atoms with Crippen LogP contribution >= 0.6 is 0 Å². The van der Waals surface area contributed by atoms with Crippen molar-refractivity contribution in [2.75, 3.05) is 13.1 Å². The van der Waals surface area contributed by atoms with Gasteiger partial charge in [-0.1, -0.05) is 42.5 Å². The number of benzene rings is 2. The van der Waals surface area contributed by atoms with E-state index in [-0.39, 0.29) is 5.91 Å². The lowest BCUT2D eigenvalue weighted by atomic mass is 9.91. The molecule has 0 atom stereocenters. The zero-order chi connectivity index (χ0) is 15.6. The van der Waals surface area contributed by atoms with E-state index in [4.69, 9.17) is 0 Å². The van der Waals surface area contributed by atoms with E-state index in [1.54, 1.807) is 6.20 Å². The summed E-state index contributed by atoms with van der Waals surface area (Å²) in [5.41, 5.74) is 3.35. The normalized spacial score (nSPS) is 14.7. The van der Waals surface area contributed by atoms with Gasteiger partial charge in [-0.3, -0.25) is 9.78 Å². The van der Waals surface area contributed by atoms with Crippen LogP contribution in [-0.4, -0.2) is 28.9 Å². The van der Waals surface area contributed by atoms with Gasteiger partial charge in [0.05, 0.1) is 11.9 Å². The highest BCUT2D eigenvalue weighted by Gasteiger charge is 2.31. The molecule has 0 spiro atoms. The number of pyridine rings is 1. The molecule has 1 aliphatic heterocycles. The van der Waals surface area contributed by atoms with E-state index in [0.29, 0.717) is 12.3 Å². The van der Waals surface area contributed by atoms with Crippen molar-refractivity contribution in [3.8, 4) is 0 Å². The Morgan fingerprint density at radius 3 is 2.70 bits per heavy atom. The van der Waals surface area contributed by atoms with E-state index in [1.165, 1.54) is 5.56 Å². The molecule has 2 heterocycles. The molecule has 0 aliphatic carbocycles. The van der Waals surface area contributed by atoms with E-state index >= 15 is 0 Å². The number of hydrogen-bond acceptors (Lipinski definition) is 2. The minimum atomic E-state index is 0.209. The van der Waals surface area contributed by atoms with E-state index in [9.17, 15) is 4.79 Å². The molecule has 3 heteroatoms. The molecule has 0 unspecified atom stereocenters. The molecule has 0 bridgehead atoms. The molecule has 1 fully saturated rings. The molecule has 1 saturated heterocycles. The number of nitrogens with zero attached hydrogens (tertiary/aromatic N) is 2. The number of rotatable bonds is 3. The number of aromatic nitrogens is 1. The molecule has 1 aromatic heterocycles. The molecule has 0 N–H and O–H groups in total. The van der Waals surface area contributed by atoms with Gasteiger partial charge in [-0.05, 0) is 29.3 Å². The molecule has 23 heavy (non-hydrogen) atoms. The molecule has 3 nitrogen and oxygen atoms in total. The predicted molar refractivity (Wildman–Crippen MR) is 91.2 cm³/mol. The first kappa shape index (κ1) is 13.9. The topological polar surface area (TPSA) is 33.2 Å². The molecule has 1 aliphatic rings. The quantitative estimate of drug-likeness (QED) is 0.743. The van der Waals surface area contributed by atoms with Crippen LogP contribution in [0.5, 0.6) is 0 Å². The summed E-state index contributed by atoms with van der Waals surface area (Å²) in [6, 6.07) is 20.4. The lowest BCUT2D eigenvalue weighted by Gasteiger charge is -2.39. The van der Waals surface area contributed by atoms with E-state index in [2.05, 4.69) is 35.3 Å². The third kappa shape index (κ3) is 2.82. The van der Waals surface area contributed by atoms with Gasteiger partial charge in [-0.2, -0.15) is 0 Å². The van der Waals surface area contributed by atoms with Crippen molar-refractivity contribution in [3.63, 3.8) is 0 Å². The smallest absolute Gasteiger partial charge is 0.227 e. The average Bonchev–Trinajstić information content (AvgIpc) is 2.54. The summed E-state index contributed by atoms with van der Waals surface area (Å²) >= 11 is 0. The monoisotopic (exact) mass is 302 g/mol. The van der Waals surface area contributed by atoms with Gasteiger partial charge in [-0.15, -0.1) is 0 Å². The summed E-state index contributed by atoms with van der Waals surface area (Å²) in [6.07, 6.45) is 2.25. The molecule has 2 aromatic carbocycles. The van der Waals surface area contributed by atoms with Crippen LogP contribution in [0.4, 0.5) is 0 Å². The maximum Gasteiger partial charge on any atom is 0.227 e. The van der Waals surface area contributed by atoms with E-state index in [1.807, 2.05) is 35.2 Å². The maximum absolute atomic E-state index is 12.4. The van der Waals surface area contributed by atoms with Crippen molar-refractivity contribution in [1.82, 2.24) is 9.88 Å². The number of carbonyl (C=O) groups is 1. The second-order valence-electron chi connectivity index (χ2n) is 6.11. The average molecular weight is 302 g/mol. The molecular weight excluding hydrogens is 284 g/mol. The standard InChI is InChI=1S/C20H18N2O/c23-20(22-13-18(14-22)16-5-2-1-3-6-16)12-15-8-9-19-17(11-15)7-4-10-21-19/h1-11,18H,12-14H2. The summed E-state index contributed by atoms with van der Waals surface area (Å²) in [5, 5.41) is 1.09. The maximum atomic E-state index is 12.4. The van der Waals surface area contributed by atoms with Gasteiger partial charge < -0.3 is 4.90 Å².